The Bertz CT molecular complexity index is 930. The molecule has 0 N–H and O–H groups in total. The predicted octanol–water partition coefficient (Wildman–Crippen LogP) is 2.27. The van der Waals surface area contributed by atoms with Gasteiger partial charge in [-0.3, -0.25) is 4.98 Å². The maximum atomic E-state index is 11.8. The number of rotatable bonds is 2. The molecule has 0 amide bonds. The highest BCUT2D eigenvalue weighted by molar-refractivity contribution is 7.90. The fourth-order valence-electron chi connectivity index (χ4n) is 3.07. The van der Waals surface area contributed by atoms with Crippen molar-refractivity contribution >= 4 is 15.5 Å². The molecule has 0 saturated carbocycles. The van der Waals surface area contributed by atoms with Crippen LogP contribution in [-0.4, -0.2) is 32.7 Å². The zero-order valence-corrected chi connectivity index (χ0v) is 14.6. The molecule has 6 heteroatoms. The van der Waals surface area contributed by atoms with E-state index in [-0.39, 0.29) is 0 Å². The minimum Gasteiger partial charge on any atom is -0.370 e. The molecule has 0 bridgehead atoms. The molecular weight excluding hydrogens is 322 g/mol. The molecule has 0 unspecified atom stereocenters. The lowest BCUT2D eigenvalue weighted by Gasteiger charge is -2.23. The van der Waals surface area contributed by atoms with E-state index in [9.17, 15) is 13.7 Å². The molecule has 1 aliphatic rings. The second-order valence-corrected chi connectivity index (χ2v) is 8.16. The summed E-state index contributed by atoms with van der Waals surface area (Å²) >= 11 is 0. The van der Waals surface area contributed by atoms with Crippen LogP contribution in [0.1, 0.15) is 22.4 Å². The van der Waals surface area contributed by atoms with Crippen molar-refractivity contribution in [1.29, 1.82) is 5.26 Å². The molecule has 1 aromatic carbocycles. The molecule has 0 radical (unpaired) electrons. The van der Waals surface area contributed by atoms with Gasteiger partial charge in [0.2, 0.25) is 0 Å². The van der Waals surface area contributed by atoms with Gasteiger partial charge >= 0.3 is 0 Å². The maximum absolute atomic E-state index is 11.8. The van der Waals surface area contributed by atoms with Gasteiger partial charge in [-0.1, -0.05) is 6.07 Å². The van der Waals surface area contributed by atoms with Crippen molar-refractivity contribution in [2.24, 2.45) is 0 Å². The summed E-state index contributed by atoms with van der Waals surface area (Å²) in [7, 11) is -3.20. The van der Waals surface area contributed by atoms with Crippen LogP contribution >= 0.6 is 0 Å². The van der Waals surface area contributed by atoms with Crippen molar-refractivity contribution in [1.82, 2.24) is 4.98 Å². The average molecular weight is 341 g/mol. The monoisotopic (exact) mass is 341 g/mol. The van der Waals surface area contributed by atoms with E-state index in [0.29, 0.717) is 10.5 Å². The molecule has 1 aliphatic heterocycles. The standard InChI is InChI=1S/C18H19N3O2S/c1-13-9-18(16(11-19)12-20-13)21-7-5-14-3-4-17(24(2,22)23)10-15(14)6-8-21/h3-4,9-10,12H,5-8H2,1-2H3. The van der Waals surface area contributed by atoms with Gasteiger partial charge in [0.15, 0.2) is 9.84 Å². The van der Waals surface area contributed by atoms with Crippen molar-refractivity contribution in [2.75, 3.05) is 24.2 Å². The van der Waals surface area contributed by atoms with Gasteiger partial charge in [-0.25, -0.2) is 8.42 Å². The van der Waals surface area contributed by atoms with Crippen molar-refractivity contribution < 1.29 is 8.42 Å². The van der Waals surface area contributed by atoms with Crippen LogP contribution in [0.2, 0.25) is 0 Å². The number of nitrogens with zero attached hydrogens (tertiary/aromatic N) is 3. The molecule has 0 spiro atoms. The van der Waals surface area contributed by atoms with Crippen LogP contribution in [0, 0.1) is 18.3 Å². The van der Waals surface area contributed by atoms with Crippen LogP contribution in [0.3, 0.4) is 0 Å². The van der Waals surface area contributed by atoms with E-state index in [1.165, 1.54) is 11.8 Å². The highest BCUT2D eigenvalue weighted by Crippen LogP contribution is 2.26. The molecule has 2 heterocycles. The number of aromatic nitrogens is 1. The lowest BCUT2D eigenvalue weighted by Crippen LogP contribution is -2.27. The normalized spacial score (nSPS) is 14.6. The van der Waals surface area contributed by atoms with Crippen molar-refractivity contribution in [3.63, 3.8) is 0 Å². The van der Waals surface area contributed by atoms with Gasteiger partial charge in [-0.2, -0.15) is 5.26 Å². The number of benzene rings is 1. The molecule has 24 heavy (non-hydrogen) atoms. The van der Waals surface area contributed by atoms with Gasteiger partial charge < -0.3 is 4.90 Å². The maximum Gasteiger partial charge on any atom is 0.175 e. The Morgan fingerprint density at radius 3 is 2.54 bits per heavy atom. The zero-order chi connectivity index (χ0) is 17.3. The Morgan fingerprint density at radius 1 is 1.17 bits per heavy atom. The molecule has 0 atom stereocenters. The van der Waals surface area contributed by atoms with Gasteiger partial charge in [-0.15, -0.1) is 0 Å². The molecule has 2 aromatic rings. The molecule has 0 fully saturated rings. The second kappa shape index (κ2) is 6.25. The second-order valence-electron chi connectivity index (χ2n) is 6.14. The molecule has 124 valence electrons. The van der Waals surface area contributed by atoms with Crippen LogP contribution in [-0.2, 0) is 22.7 Å². The minimum atomic E-state index is -3.20. The van der Waals surface area contributed by atoms with Gasteiger partial charge in [0.25, 0.3) is 0 Å². The largest absolute Gasteiger partial charge is 0.370 e. The van der Waals surface area contributed by atoms with Gasteiger partial charge in [-0.05, 0) is 49.1 Å². The molecular formula is C18H19N3O2S. The van der Waals surface area contributed by atoms with E-state index in [1.54, 1.807) is 18.3 Å². The summed E-state index contributed by atoms with van der Waals surface area (Å²) in [5.41, 5.74) is 4.61. The topological polar surface area (TPSA) is 74.1 Å². The number of sulfone groups is 1. The number of nitriles is 1. The van der Waals surface area contributed by atoms with Gasteiger partial charge in [0, 0.05) is 31.2 Å². The number of pyridine rings is 1. The first kappa shape index (κ1) is 16.5. The Kier molecular flexibility index (Phi) is 4.29. The summed E-state index contributed by atoms with van der Waals surface area (Å²) in [5, 5.41) is 9.33. The number of hydrogen-bond acceptors (Lipinski definition) is 5. The SMILES string of the molecule is Cc1cc(N2CCc3ccc(S(C)(=O)=O)cc3CC2)c(C#N)cn1. The smallest absolute Gasteiger partial charge is 0.175 e. The third-order valence-electron chi connectivity index (χ3n) is 4.39. The van der Waals surface area contributed by atoms with Crippen LogP contribution < -0.4 is 4.90 Å². The fraction of sp³-hybridized carbons (Fsp3) is 0.333. The van der Waals surface area contributed by atoms with E-state index in [0.717, 1.165) is 42.9 Å². The first-order chi connectivity index (χ1) is 11.4. The van der Waals surface area contributed by atoms with Crippen LogP contribution in [0.5, 0.6) is 0 Å². The van der Waals surface area contributed by atoms with Crippen molar-refractivity contribution in [3.8, 4) is 6.07 Å². The molecule has 3 rings (SSSR count). The molecule has 5 nitrogen and oxygen atoms in total. The quantitative estimate of drug-likeness (QED) is 0.838. The minimum absolute atomic E-state index is 0.368. The third-order valence-corrected chi connectivity index (χ3v) is 5.50. The summed E-state index contributed by atoms with van der Waals surface area (Å²) < 4.78 is 23.5. The van der Waals surface area contributed by atoms with E-state index >= 15 is 0 Å². The highest BCUT2D eigenvalue weighted by Gasteiger charge is 2.19. The lowest BCUT2D eigenvalue weighted by atomic mass is 10.0. The first-order valence-corrected chi connectivity index (χ1v) is 9.71. The third kappa shape index (κ3) is 3.26. The van der Waals surface area contributed by atoms with Crippen LogP contribution in [0.15, 0.2) is 35.4 Å². The Hall–Kier alpha value is -2.39. The number of fused-ring (bicyclic) bond motifs is 1. The van der Waals surface area contributed by atoms with Crippen molar-refractivity contribution in [2.45, 2.75) is 24.7 Å². The Morgan fingerprint density at radius 2 is 1.88 bits per heavy atom. The Balaban J connectivity index is 1.92. The summed E-state index contributed by atoms with van der Waals surface area (Å²) in [6.45, 7) is 3.46. The van der Waals surface area contributed by atoms with Gasteiger partial charge in [0.05, 0.1) is 16.1 Å². The predicted molar refractivity (Wildman–Crippen MR) is 92.9 cm³/mol. The molecule has 0 aliphatic carbocycles. The number of anilines is 1. The molecule has 0 saturated heterocycles. The van der Waals surface area contributed by atoms with E-state index in [4.69, 9.17) is 0 Å². The number of hydrogen-bond donors (Lipinski definition) is 0. The fourth-order valence-corrected chi connectivity index (χ4v) is 3.74. The summed E-state index contributed by atoms with van der Waals surface area (Å²) in [6.07, 6.45) is 4.43. The summed E-state index contributed by atoms with van der Waals surface area (Å²) in [4.78, 5) is 6.75. The van der Waals surface area contributed by atoms with Gasteiger partial charge in [0.1, 0.15) is 6.07 Å². The average Bonchev–Trinajstić information content (AvgIpc) is 2.76. The first-order valence-electron chi connectivity index (χ1n) is 7.82. The van der Waals surface area contributed by atoms with E-state index in [1.807, 2.05) is 19.1 Å². The lowest BCUT2D eigenvalue weighted by molar-refractivity contribution is 0.601. The zero-order valence-electron chi connectivity index (χ0n) is 13.8. The van der Waals surface area contributed by atoms with E-state index in [2.05, 4.69) is 16.0 Å². The highest BCUT2D eigenvalue weighted by atomic mass is 32.2. The van der Waals surface area contributed by atoms with Crippen LogP contribution in [0.4, 0.5) is 5.69 Å². The Labute approximate surface area is 142 Å². The van der Waals surface area contributed by atoms with E-state index < -0.39 is 9.84 Å². The molecule has 1 aromatic heterocycles. The van der Waals surface area contributed by atoms with Crippen LogP contribution in [0.25, 0.3) is 0 Å². The number of aryl methyl sites for hydroxylation is 1. The summed E-state index contributed by atoms with van der Waals surface area (Å²) in [6, 6.07) is 9.53. The summed E-state index contributed by atoms with van der Waals surface area (Å²) in [5.74, 6) is 0. The van der Waals surface area contributed by atoms with Crippen molar-refractivity contribution in [3.05, 3.63) is 52.8 Å².